The number of rotatable bonds is 4. The highest BCUT2D eigenvalue weighted by molar-refractivity contribution is 5.80. The summed E-state index contributed by atoms with van der Waals surface area (Å²) in [5, 5.41) is 20.8. The molecule has 1 saturated heterocycles. The van der Waals surface area contributed by atoms with Crippen LogP contribution < -0.4 is 0 Å². The molecule has 0 aromatic carbocycles. The molecule has 1 saturated carbocycles. The van der Waals surface area contributed by atoms with E-state index in [0.717, 1.165) is 7.11 Å². The number of methoxy groups -OCH3 is 2. The average Bonchev–Trinajstić information content (AvgIpc) is 2.76. The Hall–Kier alpha value is -0.770. The van der Waals surface area contributed by atoms with Gasteiger partial charge in [-0.15, -0.1) is 0 Å². The second-order valence-corrected chi connectivity index (χ2v) is 5.74. The van der Waals surface area contributed by atoms with Gasteiger partial charge in [-0.2, -0.15) is 0 Å². The van der Waals surface area contributed by atoms with Crippen LogP contribution >= 0.6 is 0 Å². The van der Waals surface area contributed by atoms with Crippen molar-refractivity contribution >= 4 is 5.97 Å². The van der Waals surface area contributed by atoms with Gasteiger partial charge in [-0.25, -0.2) is 4.79 Å². The second kappa shape index (κ2) is 5.79. The van der Waals surface area contributed by atoms with Crippen LogP contribution in [0.4, 0.5) is 0 Å². The maximum absolute atomic E-state index is 11.9. The summed E-state index contributed by atoms with van der Waals surface area (Å²) in [6.45, 7) is 3.33. The van der Waals surface area contributed by atoms with Crippen molar-refractivity contribution in [2.45, 2.75) is 56.1 Å². The number of esters is 1. The summed E-state index contributed by atoms with van der Waals surface area (Å²) in [5.41, 5.74) is -2.11. The Morgan fingerprint density at radius 2 is 1.90 bits per heavy atom. The lowest BCUT2D eigenvalue weighted by atomic mass is 9.77. The number of hydrogen-bond acceptors (Lipinski definition) is 8. The van der Waals surface area contributed by atoms with Gasteiger partial charge in [0.05, 0.1) is 13.2 Å². The molecule has 0 unspecified atom stereocenters. The van der Waals surface area contributed by atoms with Gasteiger partial charge in [0.15, 0.2) is 11.4 Å². The van der Waals surface area contributed by atoms with E-state index >= 15 is 0 Å². The van der Waals surface area contributed by atoms with Crippen LogP contribution in [0.1, 0.15) is 20.3 Å². The third-order valence-electron chi connectivity index (χ3n) is 3.78. The van der Waals surface area contributed by atoms with Crippen LogP contribution in [0.5, 0.6) is 0 Å². The molecule has 0 aromatic rings. The van der Waals surface area contributed by atoms with Crippen molar-refractivity contribution in [2.75, 3.05) is 21.0 Å². The first-order valence-corrected chi connectivity index (χ1v) is 6.70. The molecule has 8 heteroatoms. The Morgan fingerprint density at radius 3 is 2.48 bits per heavy atom. The maximum Gasteiger partial charge on any atom is 0.340 e. The summed E-state index contributed by atoms with van der Waals surface area (Å²) in [5.74, 6) is -1.89. The zero-order valence-electron chi connectivity index (χ0n) is 12.6. The zero-order chi connectivity index (χ0) is 15.8. The van der Waals surface area contributed by atoms with Crippen LogP contribution in [0.3, 0.4) is 0 Å². The van der Waals surface area contributed by atoms with E-state index in [0.29, 0.717) is 0 Å². The van der Waals surface area contributed by atoms with Crippen molar-refractivity contribution in [3.8, 4) is 0 Å². The molecule has 8 nitrogen and oxygen atoms in total. The number of carbonyl (C=O) groups excluding carboxylic acids is 1. The van der Waals surface area contributed by atoms with Gasteiger partial charge in [-0.1, -0.05) is 0 Å². The highest BCUT2D eigenvalue weighted by Crippen LogP contribution is 2.42. The molecule has 122 valence electrons. The third kappa shape index (κ3) is 2.92. The first-order valence-electron chi connectivity index (χ1n) is 6.70. The van der Waals surface area contributed by atoms with E-state index in [1.807, 2.05) is 0 Å². The summed E-state index contributed by atoms with van der Waals surface area (Å²) in [7, 11) is 2.59. The monoisotopic (exact) mass is 306 g/mol. The van der Waals surface area contributed by atoms with Crippen LogP contribution in [0, 0.1) is 0 Å². The minimum atomic E-state index is -2.11. The van der Waals surface area contributed by atoms with Gasteiger partial charge in [0.1, 0.15) is 25.1 Å². The van der Waals surface area contributed by atoms with Gasteiger partial charge < -0.3 is 33.9 Å². The molecular formula is C13H22O8. The van der Waals surface area contributed by atoms with Gasteiger partial charge in [0.2, 0.25) is 0 Å². The number of aliphatic hydroxyl groups is 2. The predicted molar refractivity (Wildman–Crippen MR) is 68.2 cm³/mol. The Bertz CT molecular complexity index is 398. The van der Waals surface area contributed by atoms with Crippen LogP contribution in [0.25, 0.3) is 0 Å². The summed E-state index contributed by atoms with van der Waals surface area (Å²) >= 11 is 0. The molecule has 2 N–H and O–H groups in total. The molecular weight excluding hydrogens is 284 g/mol. The SMILES string of the molecule is COCO[C@@H]1C[C@](O)(C(=O)OC)[C@@H](O)[C@@H]2OC(C)(C)O[C@@H]21. The van der Waals surface area contributed by atoms with E-state index in [-0.39, 0.29) is 13.2 Å². The normalized spacial score (nSPS) is 41.6. The van der Waals surface area contributed by atoms with E-state index in [1.165, 1.54) is 7.11 Å². The Labute approximate surface area is 122 Å². The molecule has 1 aliphatic heterocycles. The molecule has 1 aliphatic carbocycles. The first-order chi connectivity index (χ1) is 9.75. The van der Waals surface area contributed by atoms with E-state index < -0.39 is 41.8 Å². The van der Waals surface area contributed by atoms with Crippen LogP contribution in [-0.4, -0.2) is 73.0 Å². The Balaban J connectivity index is 2.28. The quantitative estimate of drug-likeness (QED) is 0.512. The molecule has 0 bridgehead atoms. The van der Waals surface area contributed by atoms with Crippen molar-refractivity contribution in [1.82, 2.24) is 0 Å². The van der Waals surface area contributed by atoms with Crippen LogP contribution in [0.15, 0.2) is 0 Å². The summed E-state index contributed by atoms with van der Waals surface area (Å²) < 4.78 is 26.2. The van der Waals surface area contributed by atoms with Gasteiger partial charge >= 0.3 is 5.97 Å². The minimum absolute atomic E-state index is 0.0367. The van der Waals surface area contributed by atoms with E-state index in [1.54, 1.807) is 13.8 Å². The second-order valence-electron chi connectivity index (χ2n) is 5.74. The lowest BCUT2D eigenvalue weighted by Crippen LogP contribution is -2.65. The standard InChI is InChI=1S/C13H22O8/c1-12(2)20-8-7(19-6-17-3)5-13(16,11(15)18-4)10(14)9(8)21-12/h7-10,14,16H,5-6H2,1-4H3/t7-,8-,9-,10+,13-/m1/s1. The average molecular weight is 306 g/mol. The van der Waals surface area contributed by atoms with Crippen molar-refractivity contribution in [3.63, 3.8) is 0 Å². The molecule has 0 amide bonds. The highest BCUT2D eigenvalue weighted by Gasteiger charge is 2.63. The molecule has 21 heavy (non-hydrogen) atoms. The lowest BCUT2D eigenvalue weighted by Gasteiger charge is -2.43. The van der Waals surface area contributed by atoms with E-state index in [2.05, 4.69) is 4.74 Å². The van der Waals surface area contributed by atoms with Gasteiger partial charge in [0.25, 0.3) is 0 Å². The minimum Gasteiger partial charge on any atom is -0.467 e. The van der Waals surface area contributed by atoms with Crippen LogP contribution in [-0.2, 0) is 28.5 Å². The largest absolute Gasteiger partial charge is 0.467 e. The molecule has 2 fully saturated rings. The fourth-order valence-corrected chi connectivity index (χ4v) is 2.85. The van der Waals surface area contributed by atoms with Crippen LogP contribution in [0.2, 0.25) is 0 Å². The van der Waals surface area contributed by atoms with Crippen molar-refractivity contribution in [2.24, 2.45) is 0 Å². The van der Waals surface area contributed by atoms with Gasteiger partial charge in [-0.3, -0.25) is 0 Å². The molecule has 0 spiro atoms. The third-order valence-corrected chi connectivity index (χ3v) is 3.78. The number of carbonyl (C=O) groups is 1. The Kier molecular flexibility index (Phi) is 4.57. The summed E-state index contributed by atoms with van der Waals surface area (Å²) in [4.78, 5) is 11.9. The number of hydrogen-bond donors (Lipinski definition) is 2. The summed E-state index contributed by atoms with van der Waals surface area (Å²) in [6, 6.07) is 0. The maximum atomic E-state index is 11.9. The highest BCUT2D eigenvalue weighted by atomic mass is 16.8. The van der Waals surface area contributed by atoms with E-state index in [4.69, 9.17) is 18.9 Å². The fourth-order valence-electron chi connectivity index (χ4n) is 2.85. The Morgan fingerprint density at radius 1 is 1.29 bits per heavy atom. The van der Waals surface area contributed by atoms with Crippen molar-refractivity contribution < 1.29 is 38.7 Å². The number of aliphatic hydroxyl groups excluding tert-OH is 1. The molecule has 2 aliphatic rings. The molecule has 2 rings (SSSR count). The van der Waals surface area contributed by atoms with Crippen molar-refractivity contribution in [1.29, 1.82) is 0 Å². The van der Waals surface area contributed by atoms with E-state index in [9.17, 15) is 15.0 Å². The lowest BCUT2D eigenvalue weighted by molar-refractivity contribution is -0.224. The summed E-state index contributed by atoms with van der Waals surface area (Å²) in [6.07, 6.45) is -3.84. The van der Waals surface area contributed by atoms with Gasteiger partial charge in [0, 0.05) is 13.5 Å². The topological polar surface area (TPSA) is 104 Å². The van der Waals surface area contributed by atoms with Gasteiger partial charge in [-0.05, 0) is 13.8 Å². The molecule has 0 radical (unpaired) electrons. The molecule has 0 aromatic heterocycles. The number of fused-ring (bicyclic) bond motifs is 1. The first kappa shape index (κ1) is 16.6. The molecule has 5 atom stereocenters. The number of ether oxygens (including phenoxy) is 5. The van der Waals surface area contributed by atoms with Crippen molar-refractivity contribution in [3.05, 3.63) is 0 Å². The molecule has 1 heterocycles. The zero-order valence-corrected chi connectivity index (χ0v) is 12.6. The predicted octanol–water partition coefficient (Wildman–Crippen LogP) is -0.836. The smallest absolute Gasteiger partial charge is 0.340 e. The fraction of sp³-hybridized carbons (Fsp3) is 0.923.